The topological polar surface area (TPSA) is 88.4 Å². The molecule has 2 aromatic rings. The molecule has 1 aliphatic rings. The number of benzene rings is 1. The lowest BCUT2D eigenvalue weighted by molar-refractivity contribution is -0.132. The number of aliphatic hydroxyl groups excluding tert-OH is 1. The summed E-state index contributed by atoms with van der Waals surface area (Å²) in [7, 11) is 0. The van der Waals surface area contributed by atoms with Crippen molar-refractivity contribution in [3.8, 4) is 0 Å². The third-order valence-corrected chi connectivity index (χ3v) is 6.07. The molecule has 0 saturated carbocycles. The number of ketones is 2. The summed E-state index contributed by atoms with van der Waals surface area (Å²) in [5.41, 5.74) is 3.76. The standard InChI is InChI=1S/C27H32N2O4/c1-16(2)9-8-10-17(3)23-26(32)24(18(4)25(31)27(23)33)29-15-20(13-14-28-19(5)30)21-11-6-7-12-22(21)29/h6-7,9,11-12,15,17,32H,8,10,13-14H2,1-5H3,(H,28,30)/t17-/m1/s1. The van der Waals surface area contributed by atoms with Gasteiger partial charge in [0.1, 0.15) is 5.76 Å². The van der Waals surface area contributed by atoms with Crippen LogP contribution in [-0.2, 0) is 20.8 Å². The number of aromatic nitrogens is 1. The van der Waals surface area contributed by atoms with Crippen LogP contribution in [0.15, 0.2) is 59.0 Å². The van der Waals surface area contributed by atoms with Gasteiger partial charge in [-0.25, -0.2) is 0 Å². The summed E-state index contributed by atoms with van der Waals surface area (Å²) < 4.78 is 1.80. The van der Waals surface area contributed by atoms with Crippen LogP contribution in [0, 0.1) is 5.92 Å². The number of para-hydroxylation sites is 1. The minimum atomic E-state index is -0.624. The maximum absolute atomic E-state index is 12.9. The molecule has 3 rings (SSSR count). The third-order valence-electron chi connectivity index (χ3n) is 6.07. The lowest BCUT2D eigenvalue weighted by Gasteiger charge is -2.24. The fourth-order valence-corrected chi connectivity index (χ4v) is 4.34. The highest BCUT2D eigenvalue weighted by Crippen LogP contribution is 2.36. The first kappa shape index (κ1) is 24.2. The van der Waals surface area contributed by atoms with Crippen LogP contribution in [0.1, 0.15) is 53.0 Å². The van der Waals surface area contributed by atoms with Crippen molar-refractivity contribution >= 4 is 34.1 Å². The van der Waals surface area contributed by atoms with Gasteiger partial charge in [0, 0.05) is 30.6 Å². The monoisotopic (exact) mass is 448 g/mol. The van der Waals surface area contributed by atoms with E-state index >= 15 is 0 Å². The zero-order valence-corrected chi connectivity index (χ0v) is 20.0. The SMILES string of the molecule is CC(=O)NCCc1cn(C2=C(C)C(=O)C(=O)C([C@H](C)CCC=C(C)C)=C2O)c2ccccc12. The van der Waals surface area contributed by atoms with E-state index in [-0.39, 0.29) is 28.7 Å². The van der Waals surface area contributed by atoms with Crippen LogP contribution in [-0.4, -0.2) is 33.7 Å². The number of carbonyl (C=O) groups excluding carboxylic acids is 3. The summed E-state index contributed by atoms with van der Waals surface area (Å²) in [6, 6.07) is 7.72. The number of aliphatic hydroxyl groups is 1. The predicted molar refractivity (Wildman–Crippen MR) is 131 cm³/mol. The van der Waals surface area contributed by atoms with Gasteiger partial charge >= 0.3 is 0 Å². The van der Waals surface area contributed by atoms with E-state index in [1.165, 1.54) is 12.5 Å². The maximum Gasteiger partial charge on any atom is 0.233 e. The van der Waals surface area contributed by atoms with Gasteiger partial charge in [-0.2, -0.15) is 0 Å². The summed E-state index contributed by atoms with van der Waals surface area (Å²) in [5.74, 6) is -1.69. The van der Waals surface area contributed by atoms with Crippen molar-refractivity contribution in [1.82, 2.24) is 9.88 Å². The molecule has 174 valence electrons. The summed E-state index contributed by atoms with van der Waals surface area (Å²) in [5, 5.41) is 15.1. The molecule has 2 N–H and O–H groups in total. The average Bonchev–Trinajstić information content (AvgIpc) is 3.10. The van der Waals surface area contributed by atoms with Gasteiger partial charge in [0.15, 0.2) is 0 Å². The zero-order valence-electron chi connectivity index (χ0n) is 20.0. The second kappa shape index (κ2) is 10.0. The molecular formula is C27H32N2O4. The lowest BCUT2D eigenvalue weighted by atomic mass is 9.83. The molecule has 6 heteroatoms. The number of fused-ring (bicyclic) bond motifs is 1. The van der Waals surface area contributed by atoms with Crippen molar-refractivity contribution in [2.45, 2.75) is 53.9 Å². The highest BCUT2D eigenvalue weighted by Gasteiger charge is 2.36. The van der Waals surface area contributed by atoms with E-state index in [9.17, 15) is 19.5 Å². The van der Waals surface area contributed by atoms with Crippen molar-refractivity contribution in [2.24, 2.45) is 5.92 Å². The molecule has 1 heterocycles. The Morgan fingerprint density at radius 1 is 1.15 bits per heavy atom. The third kappa shape index (κ3) is 5.00. The van der Waals surface area contributed by atoms with Gasteiger partial charge in [-0.1, -0.05) is 36.8 Å². The van der Waals surface area contributed by atoms with Gasteiger partial charge < -0.3 is 15.0 Å². The number of Topliss-reactive ketones (excluding diaryl/α,β-unsaturated/α-hetero) is 2. The van der Waals surface area contributed by atoms with Crippen molar-refractivity contribution in [3.63, 3.8) is 0 Å². The highest BCUT2D eigenvalue weighted by molar-refractivity contribution is 6.51. The quantitative estimate of drug-likeness (QED) is 0.342. The molecule has 0 aliphatic heterocycles. The molecule has 6 nitrogen and oxygen atoms in total. The molecule has 33 heavy (non-hydrogen) atoms. The second-order valence-electron chi connectivity index (χ2n) is 8.93. The van der Waals surface area contributed by atoms with Gasteiger partial charge in [-0.05, 0) is 57.6 Å². The maximum atomic E-state index is 12.9. The van der Waals surface area contributed by atoms with Crippen molar-refractivity contribution in [3.05, 3.63) is 64.6 Å². The molecule has 0 fully saturated rings. The summed E-state index contributed by atoms with van der Waals surface area (Å²) >= 11 is 0. The molecule has 1 atom stereocenters. The number of hydrogen-bond donors (Lipinski definition) is 2. The van der Waals surface area contributed by atoms with Gasteiger partial charge in [0.25, 0.3) is 0 Å². The Bertz CT molecular complexity index is 1210. The van der Waals surface area contributed by atoms with Crippen LogP contribution >= 0.6 is 0 Å². The smallest absolute Gasteiger partial charge is 0.233 e. The molecule has 1 aromatic carbocycles. The molecule has 0 unspecified atom stereocenters. The van der Waals surface area contributed by atoms with Crippen LogP contribution in [0.25, 0.3) is 16.6 Å². The van der Waals surface area contributed by atoms with Gasteiger partial charge in [0.05, 0.1) is 16.8 Å². The predicted octanol–water partition coefficient (Wildman–Crippen LogP) is 4.90. The van der Waals surface area contributed by atoms with Gasteiger partial charge in [-0.15, -0.1) is 0 Å². The number of nitrogens with one attached hydrogen (secondary N) is 1. The Morgan fingerprint density at radius 2 is 1.85 bits per heavy atom. The highest BCUT2D eigenvalue weighted by atomic mass is 16.3. The number of nitrogens with zero attached hydrogens (tertiary/aromatic N) is 1. The minimum absolute atomic E-state index is 0.0963. The average molecular weight is 449 g/mol. The molecule has 1 aromatic heterocycles. The number of allylic oxidation sites excluding steroid dienone is 5. The largest absolute Gasteiger partial charge is 0.505 e. The first-order chi connectivity index (χ1) is 15.6. The first-order valence-electron chi connectivity index (χ1n) is 11.3. The molecule has 1 amide bonds. The zero-order chi connectivity index (χ0) is 24.3. The van der Waals surface area contributed by atoms with Crippen LogP contribution in [0.2, 0.25) is 0 Å². The number of carbonyl (C=O) groups is 3. The van der Waals surface area contributed by atoms with Crippen molar-refractivity contribution in [1.29, 1.82) is 0 Å². The van der Waals surface area contributed by atoms with Crippen molar-refractivity contribution in [2.75, 3.05) is 6.54 Å². The Balaban J connectivity index is 2.09. The fraction of sp³-hybridized carbons (Fsp3) is 0.370. The molecule has 1 aliphatic carbocycles. The van der Waals surface area contributed by atoms with E-state index in [4.69, 9.17) is 0 Å². The van der Waals surface area contributed by atoms with Crippen LogP contribution in [0.4, 0.5) is 0 Å². The summed E-state index contributed by atoms with van der Waals surface area (Å²) in [6.07, 6.45) is 5.99. The van der Waals surface area contributed by atoms with Crippen LogP contribution in [0.5, 0.6) is 0 Å². The van der Waals surface area contributed by atoms with E-state index in [1.54, 1.807) is 11.5 Å². The number of amides is 1. The van der Waals surface area contributed by atoms with E-state index in [2.05, 4.69) is 11.4 Å². The Kier molecular flexibility index (Phi) is 7.36. The molecular weight excluding hydrogens is 416 g/mol. The van der Waals surface area contributed by atoms with Gasteiger partial charge in [-0.3, -0.25) is 14.4 Å². The van der Waals surface area contributed by atoms with Crippen molar-refractivity contribution < 1.29 is 19.5 Å². The van der Waals surface area contributed by atoms with E-state index in [0.29, 0.717) is 25.1 Å². The molecule has 0 spiro atoms. The second-order valence-corrected chi connectivity index (χ2v) is 8.93. The molecule has 0 saturated heterocycles. The number of hydrogen-bond acceptors (Lipinski definition) is 4. The Morgan fingerprint density at radius 3 is 2.52 bits per heavy atom. The molecule has 0 radical (unpaired) electrons. The van der Waals surface area contributed by atoms with E-state index in [0.717, 1.165) is 22.9 Å². The first-order valence-corrected chi connectivity index (χ1v) is 11.3. The Labute approximate surface area is 194 Å². The number of rotatable bonds is 8. The normalized spacial score (nSPS) is 15.3. The fourth-order valence-electron chi connectivity index (χ4n) is 4.34. The summed E-state index contributed by atoms with van der Waals surface area (Å²) in [4.78, 5) is 37.1. The Hall–Kier alpha value is -3.41. The minimum Gasteiger partial charge on any atom is -0.505 e. The van der Waals surface area contributed by atoms with E-state index in [1.807, 2.05) is 51.2 Å². The van der Waals surface area contributed by atoms with Gasteiger partial charge in [0.2, 0.25) is 17.5 Å². The van der Waals surface area contributed by atoms with Crippen LogP contribution < -0.4 is 5.32 Å². The van der Waals surface area contributed by atoms with Crippen LogP contribution in [0.3, 0.4) is 0 Å². The molecule has 0 bridgehead atoms. The summed E-state index contributed by atoms with van der Waals surface area (Å²) in [6.45, 7) is 9.45. The lowest BCUT2D eigenvalue weighted by Crippen LogP contribution is -2.29. The van der Waals surface area contributed by atoms with E-state index < -0.39 is 11.6 Å².